The summed E-state index contributed by atoms with van der Waals surface area (Å²) >= 11 is 1.75. The van der Waals surface area contributed by atoms with Crippen molar-refractivity contribution < 1.29 is 14.7 Å². The lowest BCUT2D eigenvalue weighted by atomic mass is 9.93. The summed E-state index contributed by atoms with van der Waals surface area (Å²) in [4.78, 5) is 29.6. The number of amides is 1. The molecule has 0 spiro atoms. The van der Waals surface area contributed by atoms with Crippen LogP contribution in [0.1, 0.15) is 34.9 Å². The van der Waals surface area contributed by atoms with Gasteiger partial charge in [-0.2, -0.15) is 0 Å². The summed E-state index contributed by atoms with van der Waals surface area (Å²) in [6, 6.07) is 11.6. The van der Waals surface area contributed by atoms with Gasteiger partial charge in [0.1, 0.15) is 6.04 Å². The number of hydrogen-bond acceptors (Lipinski definition) is 4. The SMILES string of the molecule is Cl.O=C(O)C1CCCN1CC(=O)N1CCc2sccc2C1c1ccccc1. The normalized spacial score (nSPS) is 22.1. The predicted octanol–water partition coefficient (Wildman–Crippen LogP) is 3.19. The molecule has 7 heteroatoms. The molecule has 2 aliphatic rings. The van der Waals surface area contributed by atoms with Gasteiger partial charge in [0, 0.05) is 11.4 Å². The van der Waals surface area contributed by atoms with Gasteiger partial charge in [-0.25, -0.2) is 0 Å². The molecule has 2 unspecified atom stereocenters. The lowest BCUT2D eigenvalue weighted by Crippen LogP contribution is -2.47. The van der Waals surface area contributed by atoms with Gasteiger partial charge in [-0.1, -0.05) is 30.3 Å². The van der Waals surface area contributed by atoms with Crippen LogP contribution in [0.15, 0.2) is 41.8 Å². The van der Waals surface area contributed by atoms with Crippen LogP contribution in [0.4, 0.5) is 0 Å². The van der Waals surface area contributed by atoms with Gasteiger partial charge in [0.2, 0.25) is 5.91 Å². The smallest absolute Gasteiger partial charge is 0.320 e. The van der Waals surface area contributed by atoms with Crippen molar-refractivity contribution in [2.24, 2.45) is 0 Å². The van der Waals surface area contributed by atoms with E-state index in [0.717, 1.165) is 18.4 Å². The summed E-state index contributed by atoms with van der Waals surface area (Å²) in [5.74, 6) is -0.808. The number of rotatable bonds is 4. The molecule has 1 saturated heterocycles. The Balaban J connectivity index is 0.00000210. The predicted molar refractivity (Wildman–Crippen MR) is 107 cm³/mol. The Morgan fingerprint density at radius 2 is 1.93 bits per heavy atom. The number of carboxylic acids is 1. The third kappa shape index (κ3) is 3.88. The van der Waals surface area contributed by atoms with Crippen molar-refractivity contribution in [1.29, 1.82) is 0 Å². The number of carbonyl (C=O) groups excluding carboxylic acids is 1. The van der Waals surface area contributed by atoms with E-state index < -0.39 is 12.0 Å². The highest BCUT2D eigenvalue weighted by Gasteiger charge is 2.36. The summed E-state index contributed by atoms with van der Waals surface area (Å²) in [6.45, 7) is 1.54. The lowest BCUT2D eigenvalue weighted by molar-refractivity contribution is -0.143. The molecule has 1 fully saturated rings. The molecule has 1 N–H and O–H groups in total. The number of aliphatic carboxylic acids is 1. The van der Waals surface area contributed by atoms with E-state index >= 15 is 0 Å². The van der Waals surface area contributed by atoms with E-state index in [-0.39, 0.29) is 30.9 Å². The van der Waals surface area contributed by atoms with Crippen molar-refractivity contribution >= 4 is 35.6 Å². The van der Waals surface area contributed by atoms with Gasteiger partial charge in [-0.15, -0.1) is 23.7 Å². The Bertz CT molecular complexity index is 811. The second kappa shape index (κ2) is 8.42. The zero-order valence-corrected chi connectivity index (χ0v) is 16.5. The second-order valence-electron chi connectivity index (χ2n) is 6.92. The molecular formula is C20H23ClN2O3S. The number of fused-ring (bicyclic) bond motifs is 1. The van der Waals surface area contributed by atoms with E-state index in [2.05, 4.69) is 23.6 Å². The third-order valence-corrected chi connectivity index (χ3v) is 6.39. The molecule has 144 valence electrons. The minimum absolute atomic E-state index is 0. The first-order chi connectivity index (χ1) is 12.6. The molecule has 1 aromatic heterocycles. The number of halogens is 1. The monoisotopic (exact) mass is 406 g/mol. The van der Waals surface area contributed by atoms with Crippen LogP contribution in [0.5, 0.6) is 0 Å². The van der Waals surface area contributed by atoms with Crippen molar-refractivity contribution in [2.45, 2.75) is 31.3 Å². The molecule has 27 heavy (non-hydrogen) atoms. The summed E-state index contributed by atoms with van der Waals surface area (Å²) in [5, 5.41) is 11.5. The zero-order chi connectivity index (χ0) is 18.1. The van der Waals surface area contributed by atoms with Gasteiger partial charge < -0.3 is 10.0 Å². The van der Waals surface area contributed by atoms with Gasteiger partial charge in [0.25, 0.3) is 0 Å². The lowest BCUT2D eigenvalue weighted by Gasteiger charge is -2.37. The van der Waals surface area contributed by atoms with Crippen LogP contribution in [0.2, 0.25) is 0 Å². The maximum absolute atomic E-state index is 13.1. The first-order valence-electron chi connectivity index (χ1n) is 9.02. The number of likely N-dealkylation sites (tertiary alicyclic amines) is 1. The maximum atomic E-state index is 13.1. The topological polar surface area (TPSA) is 60.9 Å². The fourth-order valence-electron chi connectivity index (χ4n) is 4.14. The van der Waals surface area contributed by atoms with E-state index in [9.17, 15) is 14.7 Å². The maximum Gasteiger partial charge on any atom is 0.320 e. The molecule has 1 aromatic carbocycles. The number of carboxylic acid groups (broad SMARTS) is 1. The molecule has 0 radical (unpaired) electrons. The number of nitrogens with zero attached hydrogens (tertiary/aromatic N) is 2. The average Bonchev–Trinajstić information content (AvgIpc) is 3.30. The van der Waals surface area contributed by atoms with E-state index in [1.807, 2.05) is 28.0 Å². The molecule has 0 aliphatic carbocycles. The van der Waals surface area contributed by atoms with Gasteiger partial charge in [0.05, 0.1) is 12.6 Å². The fourth-order valence-corrected chi connectivity index (χ4v) is 5.04. The highest BCUT2D eigenvalue weighted by atomic mass is 35.5. The summed E-state index contributed by atoms with van der Waals surface area (Å²) < 4.78 is 0. The van der Waals surface area contributed by atoms with Crippen LogP contribution in [-0.4, -0.2) is 52.5 Å². The molecule has 4 rings (SSSR count). The van der Waals surface area contributed by atoms with Crippen molar-refractivity contribution in [1.82, 2.24) is 9.80 Å². The molecule has 2 aliphatic heterocycles. The standard InChI is InChI=1S/C20H22N2O3S.ClH/c23-18(13-21-10-4-7-16(21)20(24)25)22-11-8-17-15(9-12-26-17)19(22)14-5-2-1-3-6-14;/h1-3,5-6,9,12,16,19H,4,7-8,10-11,13H2,(H,24,25);1H. The first kappa shape index (κ1) is 19.9. The molecule has 2 atom stereocenters. The van der Waals surface area contributed by atoms with Crippen LogP contribution in [-0.2, 0) is 16.0 Å². The number of carbonyl (C=O) groups is 2. The Labute approximate surface area is 169 Å². The molecule has 5 nitrogen and oxygen atoms in total. The Hall–Kier alpha value is -1.89. The summed E-state index contributed by atoms with van der Waals surface area (Å²) in [5.41, 5.74) is 2.31. The van der Waals surface area contributed by atoms with Crippen LogP contribution in [0, 0.1) is 0 Å². The zero-order valence-electron chi connectivity index (χ0n) is 14.9. The van der Waals surface area contributed by atoms with Crippen LogP contribution in [0.3, 0.4) is 0 Å². The van der Waals surface area contributed by atoms with E-state index in [4.69, 9.17) is 0 Å². The van der Waals surface area contributed by atoms with Crippen LogP contribution < -0.4 is 0 Å². The van der Waals surface area contributed by atoms with Crippen molar-refractivity contribution in [3.63, 3.8) is 0 Å². The van der Waals surface area contributed by atoms with E-state index in [1.54, 1.807) is 11.3 Å². The minimum Gasteiger partial charge on any atom is -0.480 e. The number of thiophene rings is 1. The molecule has 0 bridgehead atoms. The van der Waals surface area contributed by atoms with Crippen molar-refractivity contribution in [3.8, 4) is 0 Å². The van der Waals surface area contributed by atoms with Gasteiger partial charge in [-0.05, 0) is 48.4 Å². The van der Waals surface area contributed by atoms with E-state index in [0.29, 0.717) is 19.5 Å². The average molecular weight is 407 g/mol. The Kier molecular flexibility index (Phi) is 6.19. The number of benzene rings is 1. The minimum atomic E-state index is -0.825. The molecule has 0 saturated carbocycles. The Morgan fingerprint density at radius 3 is 2.67 bits per heavy atom. The molecule has 1 amide bonds. The molecule has 3 heterocycles. The van der Waals surface area contributed by atoms with Crippen molar-refractivity contribution in [2.75, 3.05) is 19.6 Å². The van der Waals surface area contributed by atoms with Crippen LogP contribution in [0.25, 0.3) is 0 Å². The highest BCUT2D eigenvalue weighted by Crippen LogP contribution is 2.37. The summed E-state index contributed by atoms with van der Waals surface area (Å²) in [7, 11) is 0. The van der Waals surface area contributed by atoms with Gasteiger partial charge in [0.15, 0.2) is 0 Å². The van der Waals surface area contributed by atoms with Gasteiger partial charge in [-0.3, -0.25) is 14.5 Å². The van der Waals surface area contributed by atoms with E-state index in [1.165, 1.54) is 10.4 Å². The van der Waals surface area contributed by atoms with Crippen LogP contribution >= 0.6 is 23.7 Å². The van der Waals surface area contributed by atoms with Gasteiger partial charge >= 0.3 is 5.97 Å². The third-order valence-electron chi connectivity index (χ3n) is 5.39. The largest absolute Gasteiger partial charge is 0.480 e. The second-order valence-corrected chi connectivity index (χ2v) is 7.92. The number of hydrogen-bond donors (Lipinski definition) is 1. The highest BCUT2D eigenvalue weighted by molar-refractivity contribution is 7.10. The molecular weight excluding hydrogens is 384 g/mol. The fraction of sp³-hybridized carbons (Fsp3) is 0.400. The van der Waals surface area contributed by atoms with Crippen molar-refractivity contribution in [3.05, 3.63) is 57.8 Å². The summed E-state index contributed by atoms with van der Waals surface area (Å²) in [6.07, 6.45) is 2.32. The Morgan fingerprint density at radius 1 is 1.15 bits per heavy atom. The first-order valence-corrected chi connectivity index (χ1v) is 9.90. The quantitative estimate of drug-likeness (QED) is 0.847. The molecule has 2 aromatic rings.